The molecule has 3 rings (SSSR count). The van der Waals surface area contributed by atoms with Crippen LogP contribution < -0.4 is 0 Å². The number of aryl methyl sites for hydroxylation is 1. The van der Waals surface area contributed by atoms with E-state index in [1.165, 1.54) is 0 Å². The lowest BCUT2D eigenvalue weighted by atomic mass is 10.1. The van der Waals surface area contributed by atoms with E-state index in [0.29, 0.717) is 32.5 Å². The minimum absolute atomic E-state index is 0.202. The molecule has 0 aliphatic rings. The molecule has 2 aromatic heterocycles. The van der Waals surface area contributed by atoms with Gasteiger partial charge in [0.15, 0.2) is 0 Å². The number of benzene rings is 1. The summed E-state index contributed by atoms with van der Waals surface area (Å²) in [5, 5.41) is 12.6. The molecule has 5 nitrogen and oxygen atoms in total. The smallest absolute Gasteiger partial charge is 0.258 e. The van der Waals surface area contributed by atoms with Crippen LogP contribution in [0.3, 0.4) is 0 Å². The first-order chi connectivity index (χ1) is 10.9. The van der Waals surface area contributed by atoms with Gasteiger partial charge in [0.25, 0.3) is 5.69 Å². The van der Waals surface area contributed by atoms with Crippen molar-refractivity contribution in [1.82, 2.24) is 9.97 Å². The van der Waals surface area contributed by atoms with Crippen LogP contribution >= 0.6 is 34.8 Å². The summed E-state index contributed by atoms with van der Waals surface area (Å²) < 4.78 is 0. The van der Waals surface area contributed by atoms with Gasteiger partial charge in [-0.15, -0.1) is 0 Å². The minimum Gasteiger partial charge on any atom is -0.258 e. The van der Waals surface area contributed by atoms with E-state index in [9.17, 15) is 10.1 Å². The SMILES string of the molecule is Cc1cc(Cl)c2c([N+](=O)[O-])cnc(-c3ccc(Cl)cc3Cl)c2n1. The molecule has 0 N–H and O–H groups in total. The van der Waals surface area contributed by atoms with Crippen molar-refractivity contribution >= 4 is 51.4 Å². The van der Waals surface area contributed by atoms with Crippen molar-refractivity contribution in [2.45, 2.75) is 6.92 Å². The first-order valence-corrected chi connectivity index (χ1v) is 7.57. The lowest BCUT2D eigenvalue weighted by molar-refractivity contribution is -0.383. The van der Waals surface area contributed by atoms with E-state index < -0.39 is 4.92 Å². The average Bonchev–Trinajstić information content (AvgIpc) is 2.46. The highest BCUT2D eigenvalue weighted by atomic mass is 35.5. The fraction of sp³-hybridized carbons (Fsp3) is 0.0667. The van der Waals surface area contributed by atoms with Crippen molar-refractivity contribution in [3.63, 3.8) is 0 Å². The molecule has 0 amide bonds. The van der Waals surface area contributed by atoms with Crippen LogP contribution in [0.5, 0.6) is 0 Å². The number of fused-ring (bicyclic) bond motifs is 1. The monoisotopic (exact) mass is 367 g/mol. The van der Waals surface area contributed by atoms with Crippen molar-refractivity contribution in [3.8, 4) is 11.3 Å². The number of nitrogens with zero attached hydrogens (tertiary/aromatic N) is 3. The average molecular weight is 369 g/mol. The van der Waals surface area contributed by atoms with Crippen molar-refractivity contribution in [2.24, 2.45) is 0 Å². The quantitative estimate of drug-likeness (QED) is 0.444. The molecule has 0 atom stereocenters. The third-order valence-electron chi connectivity index (χ3n) is 3.28. The van der Waals surface area contributed by atoms with Crippen molar-refractivity contribution in [2.75, 3.05) is 0 Å². The second kappa shape index (κ2) is 5.92. The van der Waals surface area contributed by atoms with Gasteiger partial charge in [0, 0.05) is 16.3 Å². The maximum Gasteiger partial charge on any atom is 0.298 e. The van der Waals surface area contributed by atoms with Crippen LogP contribution in [0, 0.1) is 17.0 Å². The van der Waals surface area contributed by atoms with Gasteiger partial charge < -0.3 is 0 Å². The van der Waals surface area contributed by atoms with Gasteiger partial charge in [-0.1, -0.05) is 34.8 Å². The zero-order chi connectivity index (χ0) is 16.7. The highest BCUT2D eigenvalue weighted by Gasteiger charge is 2.22. The Hall–Kier alpha value is -1.95. The second-order valence-electron chi connectivity index (χ2n) is 4.84. The van der Waals surface area contributed by atoms with E-state index in [1.807, 2.05) is 0 Å². The molecule has 23 heavy (non-hydrogen) atoms. The van der Waals surface area contributed by atoms with Crippen molar-refractivity contribution in [1.29, 1.82) is 0 Å². The standard InChI is InChI=1S/C15H8Cl3N3O2/c1-7-4-11(18)13-12(21(22)23)6-19-14(15(13)20-7)9-3-2-8(16)5-10(9)17/h2-6H,1H3. The van der Waals surface area contributed by atoms with Crippen LogP contribution in [0.25, 0.3) is 22.2 Å². The van der Waals surface area contributed by atoms with Crippen LogP contribution in [0.15, 0.2) is 30.5 Å². The summed E-state index contributed by atoms with van der Waals surface area (Å²) in [7, 11) is 0. The molecule has 0 spiro atoms. The van der Waals surface area contributed by atoms with Crippen LogP contribution in [0.1, 0.15) is 5.69 Å². The molecule has 0 aliphatic carbocycles. The first-order valence-electron chi connectivity index (χ1n) is 6.44. The van der Waals surface area contributed by atoms with E-state index in [1.54, 1.807) is 31.2 Å². The summed E-state index contributed by atoms with van der Waals surface area (Å²) in [4.78, 5) is 19.3. The molecule has 0 saturated heterocycles. The molecule has 0 fully saturated rings. The predicted octanol–water partition coefficient (Wildman–Crippen LogP) is 5.47. The topological polar surface area (TPSA) is 68.9 Å². The van der Waals surface area contributed by atoms with Gasteiger partial charge in [0.05, 0.1) is 20.7 Å². The Morgan fingerprint density at radius 1 is 1.13 bits per heavy atom. The Morgan fingerprint density at radius 3 is 2.52 bits per heavy atom. The highest BCUT2D eigenvalue weighted by Crippen LogP contribution is 2.38. The molecular formula is C15H8Cl3N3O2. The number of rotatable bonds is 2. The number of nitro groups is 1. The molecule has 0 aliphatic heterocycles. The number of halogens is 3. The normalized spacial score (nSPS) is 11.0. The Labute approximate surface area is 146 Å². The summed E-state index contributed by atoms with van der Waals surface area (Å²) in [5.41, 5.74) is 1.74. The lowest BCUT2D eigenvalue weighted by Gasteiger charge is -2.09. The zero-order valence-corrected chi connectivity index (χ0v) is 13.9. The molecule has 2 heterocycles. The Kier molecular flexibility index (Phi) is 4.10. The predicted molar refractivity (Wildman–Crippen MR) is 91.4 cm³/mol. The molecule has 0 saturated carbocycles. The first kappa shape index (κ1) is 15.9. The number of hydrogen-bond acceptors (Lipinski definition) is 4. The van der Waals surface area contributed by atoms with Crippen LogP contribution in [0.4, 0.5) is 5.69 Å². The third kappa shape index (κ3) is 2.83. The molecule has 0 unspecified atom stereocenters. The van der Waals surface area contributed by atoms with Crippen LogP contribution in [0.2, 0.25) is 15.1 Å². The van der Waals surface area contributed by atoms with E-state index in [0.717, 1.165) is 6.20 Å². The molecule has 116 valence electrons. The fourth-order valence-electron chi connectivity index (χ4n) is 2.32. The van der Waals surface area contributed by atoms with Gasteiger partial charge >= 0.3 is 0 Å². The van der Waals surface area contributed by atoms with E-state index >= 15 is 0 Å². The van der Waals surface area contributed by atoms with Crippen LogP contribution in [-0.4, -0.2) is 14.9 Å². The zero-order valence-electron chi connectivity index (χ0n) is 11.7. The molecule has 8 heteroatoms. The summed E-state index contributed by atoms with van der Waals surface area (Å²) in [6.07, 6.45) is 1.16. The van der Waals surface area contributed by atoms with E-state index in [4.69, 9.17) is 34.8 Å². The van der Waals surface area contributed by atoms with E-state index in [-0.39, 0.29) is 16.1 Å². The van der Waals surface area contributed by atoms with Gasteiger partial charge in [-0.05, 0) is 31.2 Å². The van der Waals surface area contributed by atoms with Gasteiger partial charge in [0.1, 0.15) is 17.1 Å². The molecular weight excluding hydrogens is 361 g/mol. The maximum atomic E-state index is 11.2. The number of hydrogen-bond donors (Lipinski definition) is 0. The number of aromatic nitrogens is 2. The fourth-order valence-corrected chi connectivity index (χ4v) is 3.16. The van der Waals surface area contributed by atoms with Gasteiger partial charge in [-0.25, -0.2) is 4.98 Å². The summed E-state index contributed by atoms with van der Waals surface area (Å²) in [6.45, 7) is 1.75. The lowest BCUT2D eigenvalue weighted by Crippen LogP contribution is -1.98. The summed E-state index contributed by atoms with van der Waals surface area (Å²) in [6, 6.07) is 6.50. The summed E-state index contributed by atoms with van der Waals surface area (Å²) >= 11 is 18.3. The third-order valence-corrected chi connectivity index (χ3v) is 4.12. The van der Waals surface area contributed by atoms with Gasteiger partial charge in [-0.2, -0.15) is 0 Å². The Morgan fingerprint density at radius 2 is 1.87 bits per heavy atom. The molecule has 1 aromatic carbocycles. The number of pyridine rings is 2. The van der Waals surface area contributed by atoms with Gasteiger partial charge in [-0.3, -0.25) is 15.1 Å². The largest absolute Gasteiger partial charge is 0.298 e. The molecule has 0 radical (unpaired) electrons. The maximum absolute atomic E-state index is 11.2. The summed E-state index contributed by atoms with van der Waals surface area (Å²) in [5.74, 6) is 0. The van der Waals surface area contributed by atoms with Crippen molar-refractivity contribution < 1.29 is 4.92 Å². The van der Waals surface area contributed by atoms with Crippen molar-refractivity contribution in [3.05, 3.63) is 61.3 Å². The van der Waals surface area contributed by atoms with E-state index in [2.05, 4.69) is 9.97 Å². The van der Waals surface area contributed by atoms with Gasteiger partial charge in [0.2, 0.25) is 0 Å². The molecule has 0 bridgehead atoms. The Balaban J connectivity index is 2.43. The second-order valence-corrected chi connectivity index (χ2v) is 6.09. The highest BCUT2D eigenvalue weighted by molar-refractivity contribution is 6.38. The van der Waals surface area contributed by atoms with Crippen LogP contribution in [-0.2, 0) is 0 Å². The minimum atomic E-state index is -0.536. The Bertz CT molecular complexity index is 960. The molecule has 3 aromatic rings.